The molecule has 0 amide bonds. The Morgan fingerprint density at radius 1 is 0.500 bits per heavy atom. The van der Waals surface area contributed by atoms with Crippen LogP contribution >= 0.6 is 11.3 Å². The zero-order valence-corrected chi connectivity index (χ0v) is 21.2. The quantitative estimate of drug-likeness (QED) is 0.231. The summed E-state index contributed by atoms with van der Waals surface area (Å²) in [5, 5.41) is 7.82. The maximum Gasteiger partial charge on any atom is 0.0880 e. The van der Waals surface area contributed by atoms with Gasteiger partial charge in [0.2, 0.25) is 0 Å². The number of nitrogens with zero attached hydrogens (tertiary/aromatic N) is 2. The van der Waals surface area contributed by atoms with Crippen LogP contribution in [0.25, 0.3) is 80.7 Å². The molecule has 176 valence electrons. The molecule has 0 atom stereocenters. The smallest absolute Gasteiger partial charge is 0.0880 e. The summed E-state index contributed by atoms with van der Waals surface area (Å²) in [4.78, 5) is 4.80. The molecule has 4 heterocycles. The Hall–Kier alpha value is -4.73. The molecule has 2 nitrogen and oxygen atoms in total. The predicted molar refractivity (Wildman–Crippen MR) is 163 cm³/mol. The molecule has 0 saturated carbocycles. The first-order chi connectivity index (χ1) is 18.9. The fourth-order valence-electron chi connectivity index (χ4n) is 6.35. The minimum Gasteiger partial charge on any atom is -0.308 e. The first-order valence-corrected chi connectivity index (χ1v) is 13.7. The summed E-state index contributed by atoms with van der Waals surface area (Å²) < 4.78 is 5.01. The van der Waals surface area contributed by atoms with Gasteiger partial charge in [-0.15, -0.1) is 11.3 Å². The summed E-state index contributed by atoms with van der Waals surface area (Å²) in [7, 11) is 0. The van der Waals surface area contributed by atoms with Crippen LogP contribution in [0.3, 0.4) is 0 Å². The van der Waals surface area contributed by atoms with Crippen molar-refractivity contribution in [3.8, 4) is 22.4 Å². The zero-order valence-electron chi connectivity index (χ0n) is 20.3. The van der Waals surface area contributed by atoms with Gasteiger partial charge in [0.1, 0.15) is 0 Å². The Morgan fingerprint density at radius 3 is 2.11 bits per heavy atom. The van der Waals surface area contributed by atoms with Crippen LogP contribution in [0, 0.1) is 0 Å². The van der Waals surface area contributed by atoms with E-state index >= 15 is 0 Å². The van der Waals surface area contributed by atoms with Crippen molar-refractivity contribution < 1.29 is 0 Å². The number of aromatic nitrogens is 2. The van der Waals surface area contributed by atoms with Gasteiger partial charge in [0, 0.05) is 48.8 Å². The van der Waals surface area contributed by atoms with Crippen LogP contribution in [-0.4, -0.2) is 9.38 Å². The molecule has 38 heavy (non-hydrogen) atoms. The highest BCUT2D eigenvalue weighted by Gasteiger charge is 2.19. The summed E-state index contributed by atoms with van der Waals surface area (Å²) in [5.41, 5.74) is 8.58. The monoisotopic (exact) mass is 500 g/mol. The van der Waals surface area contributed by atoms with Crippen molar-refractivity contribution in [2.24, 2.45) is 0 Å². The third-order valence-electron chi connectivity index (χ3n) is 8.00. The fraction of sp³-hybridized carbons (Fsp3) is 0. The molecule has 0 aliphatic carbocycles. The van der Waals surface area contributed by atoms with Crippen LogP contribution in [0.4, 0.5) is 0 Å². The number of pyridine rings is 1. The van der Waals surface area contributed by atoms with Gasteiger partial charge >= 0.3 is 0 Å². The molecule has 0 bridgehead atoms. The third kappa shape index (κ3) is 2.59. The van der Waals surface area contributed by atoms with Crippen LogP contribution < -0.4 is 0 Å². The third-order valence-corrected chi connectivity index (χ3v) is 9.26. The van der Waals surface area contributed by atoms with Crippen LogP contribution in [0.5, 0.6) is 0 Å². The maximum absolute atomic E-state index is 4.80. The van der Waals surface area contributed by atoms with Crippen molar-refractivity contribution in [1.82, 2.24) is 9.38 Å². The fourth-order valence-corrected chi connectivity index (χ4v) is 7.69. The molecule has 0 aliphatic rings. The lowest BCUT2D eigenvalue weighted by atomic mass is 10.0. The topological polar surface area (TPSA) is 17.3 Å². The normalized spacial score (nSPS) is 12.2. The van der Waals surface area contributed by atoms with Crippen molar-refractivity contribution in [3.63, 3.8) is 0 Å². The van der Waals surface area contributed by atoms with Crippen molar-refractivity contribution in [2.75, 3.05) is 0 Å². The van der Waals surface area contributed by atoms with Crippen molar-refractivity contribution >= 4 is 69.6 Å². The van der Waals surface area contributed by atoms with Crippen molar-refractivity contribution in [2.45, 2.75) is 0 Å². The molecular formula is C35H20N2S. The van der Waals surface area contributed by atoms with Gasteiger partial charge in [-0.05, 0) is 29.3 Å². The van der Waals surface area contributed by atoms with Crippen LogP contribution in [0.15, 0.2) is 121 Å². The van der Waals surface area contributed by atoms with Gasteiger partial charge in [-0.2, -0.15) is 0 Å². The second-order valence-corrected chi connectivity index (χ2v) is 11.0. The van der Waals surface area contributed by atoms with Crippen LogP contribution in [0.2, 0.25) is 0 Å². The van der Waals surface area contributed by atoms with E-state index in [1.165, 1.54) is 69.4 Å². The van der Waals surface area contributed by atoms with Gasteiger partial charge in [0.15, 0.2) is 0 Å². The van der Waals surface area contributed by atoms with Crippen molar-refractivity contribution in [1.29, 1.82) is 0 Å². The second kappa shape index (κ2) is 7.41. The summed E-state index contributed by atoms with van der Waals surface area (Å²) in [6, 6.07) is 41.8. The first-order valence-electron chi connectivity index (χ1n) is 12.9. The Bertz CT molecular complexity index is 2340. The average Bonchev–Trinajstić information content (AvgIpc) is 3.64. The molecule has 5 aromatic carbocycles. The minimum absolute atomic E-state index is 1.06. The standard InChI is InChI=1S/C35H20N2S/c1-2-8-21(9-3-1)32-35-29(18-19-36-32)28-14-6-11-23(34(28)38-35)22-16-17-25-27-13-7-12-26-24-10-4-5-15-30(24)37(33(26)27)31(25)20-22/h1-20H. The van der Waals surface area contributed by atoms with Gasteiger partial charge in [-0.1, -0.05) is 97.1 Å². The zero-order chi connectivity index (χ0) is 24.8. The summed E-state index contributed by atoms with van der Waals surface area (Å²) in [6.45, 7) is 0. The highest BCUT2D eigenvalue weighted by Crippen LogP contribution is 2.44. The molecule has 9 rings (SSSR count). The van der Waals surface area contributed by atoms with E-state index in [0.717, 1.165) is 11.3 Å². The van der Waals surface area contributed by atoms with Crippen LogP contribution in [-0.2, 0) is 0 Å². The summed E-state index contributed by atoms with van der Waals surface area (Å²) in [5.74, 6) is 0. The molecule has 9 aromatic rings. The number of para-hydroxylation sites is 2. The molecule has 3 heteroatoms. The molecule has 0 N–H and O–H groups in total. The minimum atomic E-state index is 1.06. The molecule has 0 aliphatic heterocycles. The van der Waals surface area contributed by atoms with Gasteiger partial charge in [0.25, 0.3) is 0 Å². The Labute approximate surface area is 222 Å². The predicted octanol–water partition coefficient (Wildman–Crippen LogP) is 9.93. The number of hydrogen-bond acceptors (Lipinski definition) is 2. The van der Waals surface area contributed by atoms with E-state index in [-0.39, 0.29) is 0 Å². The lowest BCUT2D eigenvalue weighted by molar-refractivity contribution is 1.37. The lowest BCUT2D eigenvalue weighted by Crippen LogP contribution is -1.83. The average molecular weight is 501 g/mol. The molecular weight excluding hydrogens is 480 g/mol. The number of rotatable bonds is 2. The first kappa shape index (κ1) is 20.3. The van der Waals surface area contributed by atoms with Gasteiger partial charge in [-0.3, -0.25) is 4.98 Å². The second-order valence-electron chi connectivity index (χ2n) is 9.97. The van der Waals surface area contributed by atoms with Crippen molar-refractivity contribution in [3.05, 3.63) is 121 Å². The molecule has 4 aromatic heterocycles. The lowest BCUT2D eigenvalue weighted by Gasteiger charge is -2.05. The molecule has 0 radical (unpaired) electrons. The van der Waals surface area contributed by atoms with Gasteiger partial charge < -0.3 is 4.40 Å². The molecule has 0 unspecified atom stereocenters. The van der Waals surface area contributed by atoms with Gasteiger partial charge in [-0.25, -0.2) is 0 Å². The number of fused-ring (bicyclic) bond motifs is 9. The Balaban J connectivity index is 1.35. The van der Waals surface area contributed by atoms with E-state index in [2.05, 4.69) is 120 Å². The van der Waals surface area contributed by atoms with E-state index in [4.69, 9.17) is 4.98 Å². The van der Waals surface area contributed by atoms with E-state index in [1.807, 2.05) is 17.5 Å². The molecule has 0 saturated heterocycles. The highest BCUT2D eigenvalue weighted by atomic mass is 32.1. The van der Waals surface area contributed by atoms with E-state index in [9.17, 15) is 0 Å². The maximum atomic E-state index is 4.80. The SMILES string of the molecule is c1ccc(-c2nccc3c2sc2c(-c4ccc5c6cccc7c8ccccc8n(c5c4)c76)cccc23)cc1. The number of thiophene rings is 1. The Kier molecular flexibility index (Phi) is 3.96. The summed E-state index contributed by atoms with van der Waals surface area (Å²) >= 11 is 1.85. The Morgan fingerprint density at radius 2 is 1.21 bits per heavy atom. The number of benzene rings is 5. The van der Waals surface area contributed by atoms with E-state index in [1.54, 1.807) is 0 Å². The van der Waals surface area contributed by atoms with E-state index in [0.29, 0.717) is 0 Å². The van der Waals surface area contributed by atoms with E-state index < -0.39 is 0 Å². The van der Waals surface area contributed by atoms with Crippen LogP contribution in [0.1, 0.15) is 0 Å². The number of hydrogen-bond donors (Lipinski definition) is 0. The molecule has 0 spiro atoms. The summed E-state index contributed by atoms with van der Waals surface area (Å²) in [6.07, 6.45) is 1.94. The molecule has 0 fully saturated rings. The highest BCUT2D eigenvalue weighted by molar-refractivity contribution is 7.26. The largest absolute Gasteiger partial charge is 0.308 e. The van der Waals surface area contributed by atoms with Gasteiger partial charge in [0.05, 0.1) is 26.9 Å².